The van der Waals surface area contributed by atoms with Gasteiger partial charge in [-0.2, -0.15) is 5.26 Å². The Morgan fingerprint density at radius 2 is 2.35 bits per heavy atom. The summed E-state index contributed by atoms with van der Waals surface area (Å²) in [6.45, 7) is 0.621. The molecule has 0 radical (unpaired) electrons. The highest BCUT2D eigenvalue weighted by Gasteiger charge is 2.11. The number of anilines is 1. The third-order valence-corrected chi connectivity index (χ3v) is 2.48. The molecule has 1 heterocycles. The number of hydrogen-bond donors (Lipinski definition) is 1. The van der Waals surface area contributed by atoms with Crippen LogP contribution in [0.15, 0.2) is 12.1 Å². The molecule has 1 N–H and O–H groups in total. The van der Waals surface area contributed by atoms with E-state index >= 15 is 0 Å². The maximum atomic E-state index is 9.58. The maximum Gasteiger partial charge on any atom is 0.161 e. The van der Waals surface area contributed by atoms with E-state index in [-0.39, 0.29) is 12.3 Å². The fraction of sp³-hybridized carbons (Fsp3) is 0.455. The minimum absolute atomic E-state index is 0.178. The van der Waals surface area contributed by atoms with Crippen molar-refractivity contribution in [3.8, 4) is 6.07 Å². The minimum atomic E-state index is -0.604. The summed E-state index contributed by atoms with van der Waals surface area (Å²) in [5.41, 5.74) is 0.178. The highest BCUT2D eigenvalue weighted by molar-refractivity contribution is 6.31. The normalized spacial score (nSPS) is 11.9. The van der Waals surface area contributed by atoms with Crippen LogP contribution in [0.2, 0.25) is 5.02 Å². The van der Waals surface area contributed by atoms with Gasteiger partial charge in [0.05, 0.1) is 17.7 Å². The van der Waals surface area contributed by atoms with Crippen molar-refractivity contribution < 1.29 is 9.84 Å². The van der Waals surface area contributed by atoms with Crippen LogP contribution in [0.4, 0.5) is 5.82 Å². The van der Waals surface area contributed by atoms with E-state index in [0.29, 0.717) is 17.4 Å². The fourth-order valence-electron chi connectivity index (χ4n) is 1.38. The van der Waals surface area contributed by atoms with Gasteiger partial charge in [0.2, 0.25) is 0 Å². The molecule has 0 amide bonds. The van der Waals surface area contributed by atoms with Gasteiger partial charge in [0.15, 0.2) is 5.69 Å². The zero-order valence-electron chi connectivity index (χ0n) is 9.72. The molecule has 0 spiro atoms. The Kier molecular flexibility index (Phi) is 5.16. The zero-order valence-corrected chi connectivity index (χ0v) is 10.5. The molecule has 1 aromatic rings. The van der Waals surface area contributed by atoms with Gasteiger partial charge < -0.3 is 14.7 Å². The third kappa shape index (κ3) is 3.86. The van der Waals surface area contributed by atoms with E-state index in [1.165, 1.54) is 7.11 Å². The van der Waals surface area contributed by atoms with Gasteiger partial charge in [-0.25, -0.2) is 4.98 Å². The number of aliphatic hydroxyl groups is 1. The van der Waals surface area contributed by atoms with Gasteiger partial charge in [0, 0.05) is 20.7 Å². The molecule has 0 fully saturated rings. The van der Waals surface area contributed by atoms with Crippen LogP contribution in [0, 0.1) is 11.3 Å². The van der Waals surface area contributed by atoms with Gasteiger partial charge in [-0.15, -0.1) is 0 Å². The van der Waals surface area contributed by atoms with Gasteiger partial charge in [-0.05, 0) is 12.1 Å². The molecule has 0 unspecified atom stereocenters. The number of hydrogen-bond acceptors (Lipinski definition) is 5. The molecule has 0 aliphatic carbocycles. The van der Waals surface area contributed by atoms with Crippen molar-refractivity contribution in [3.63, 3.8) is 0 Å². The van der Waals surface area contributed by atoms with Gasteiger partial charge in [0.25, 0.3) is 0 Å². The third-order valence-electron chi connectivity index (χ3n) is 2.17. The SMILES string of the molecule is COC[C@@H](O)CN(C)c1ccc(Cl)c(C#N)n1. The Bertz CT molecular complexity index is 420. The average Bonchev–Trinajstić information content (AvgIpc) is 2.29. The lowest BCUT2D eigenvalue weighted by Crippen LogP contribution is -2.32. The molecule has 0 aliphatic rings. The van der Waals surface area contributed by atoms with Crippen molar-refractivity contribution in [2.75, 3.05) is 32.2 Å². The lowest BCUT2D eigenvalue weighted by atomic mass is 10.3. The van der Waals surface area contributed by atoms with Crippen molar-refractivity contribution in [2.24, 2.45) is 0 Å². The number of aliphatic hydroxyl groups excluding tert-OH is 1. The van der Waals surface area contributed by atoms with Crippen LogP contribution in [-0.4, -0.2) is 43.5 Å². The molecule has 17 heavy (non-hydrogen) atoms. The molecular weight excluding hydrogens is 242 g/mol. The van der Waals surface area contributed by atoms with E-state index in [2.05, 4.69) is 4.98 Å². The fourth-order valence-corrected chi connectivity index (χ4v) is 1.53. The number of rotatable bonds is 5. The Labute approximate surface area is 105 Å². The van der Waals surface area contributed by atoms with Crippen molar-refractivity contribution in [1.82, 2.24) is 4.98 Å². The Morgan fingerprint density at radius 3 is 2.94 bits per heavy atom. The maximum absolute atomic E-state index is 9.58. The van der Waals surface area contributed by atoms with E-state index in [0.717, 1.165) is 0 Å². The number of pyridine rings is 1. The number of methoxy groups -OCH3 is 1. The summed E-state index contributed by atoms with van der Waals surface area (Å²) in [5.74, 6) is 0.584. The van der Waals surface area contributed by atoms with Crippen LogP contribution >= 0.6 is 11.6 Å². The molecule has 6 heteroatoms. The number of nitriles is 1. The number of halogens is 1. The first-order valence-electron chi connectivity index (χ1n) is 5.03. The van der Waals surface area contributed by atoms with Crippen LogP contribution in [0.3, 0.4) is 0 Å². The molecule has 1 aromatic heterocycles. The van der Waals surface area contributed by atoms with Crippen molar-refractivity contribution in [1.29, 1.82) is 5.26 Å². The minimum Gasteiger partial charge on any atom is -0.389 e. The monoisotopic (exact) mass is 255 g/mol. The molecule has 0 saturated heterocycles. The molecule has 0 aromatic carbocycles. The topological polar surface area (TPSA) is 69.4 Å². The van der Waals surface area contributed by atoms with Gasteiger partial charge in [0.1, 0.15) is 11.9 Å². The first kappa shape index (κ1) is 13.7. The quantitative estimate of drug-likeness (QED) is 0.852. The predicted molar refractivity (Wildman–Crippen MR) is 65.1 cm³/mol. The Balaban J connectivity index is 2.76. The molecule has 1 rings (SSSR count). The molecule has 0 aliphatic heterocycles. The second-order valence-electron chi connectivity index (χ2n) is 3.60. The summed E-state index contributed by atoms with van der Waals surface area (Å²) in [6.07, 6.45) is -0.604. The number of likely N-dealkylation sites (N-methyl/N-ethyl adjacent to an activating group) is 1. The van der Waals surface area contributed by atoms with Gasteiger partial charge in [-0.1, -0.05) is 11.6 Å². The van der Waals surface area contributed by atoms with Gasteiger partial charge in [-0.3, -0.25) is 0 Å². The second-order valence-corrected chi connectivity index (χ2v) is 4.01. The summed E-state index contributed by atoms with van der Waals surface area (Å²) in [5, 5.41) is 18.7. The summed E-state index contributed by atoms with van der Waals surface area (Å²) in [7, 11) is 3.30. The number of ether oxygens (including phenoxy) is 1. The summed E-state index contributed by atoms with van der Waals surface area (Å²) in [4.78, 5) is 5.82. The molecular formula is C11H14ClN3O2. The van der Waals surface area contributed by atoms with E-state index in [9.17, 15) is 5.11 Å². The largest absolute Gasteiger partial charge is 0.389 e. The lowest BCUT2D eigenvalue weighted by Gasteiger charge is -2.21. The van der Waals surface area contributed by atoms with Crippen LogP contribution in [-0.2, 0) is 4.74 Å². The summed E-state index contributed by atoms with van der Waals surface area (Å²) < 4.78 is 4.83. The smallest absolute Gasteiger partial charge is 0.161 e. The second kappa shape index (κ2) is 6.40. The van der Waals surface area contributed by atoms with E-state index < -0.39 is 6.10 Å². The zero-order chi connectivity index (χ0) is 12.8. The van der Waals surface area contributed by atoms with Crippen LogP contribution in [0.1, 0.15) is 5.69 Å². The Morgan fingerprint density at radius 1 is 1.65 bits per heavy atom. The van der Waals surface area contributed by atoms with Crippen LogP contribution in [0.25, 0.3) is 0 Å². The van der Waals surface area contributed by atoms with E-state index in [1.54, 1.807) is 24.1 Å². The lowest BCUT2D eigenvalue weighted by molar-refractivity contribution is 0.0694. The molecule has 1 atom stereocenters. The van der Waals surface area contributed by atoms with Crippen molar-refractivity contribution in [2.45, 2.75) is 6.10 Å². The van der Waals surface area contributed by atoms with Crippen molar-refractivity contribution >= 4 is 17.4 Å². The first-order valence-corrected chi connectivity index (χ1v) is 5.41. The number of nitrogens with zero attached hydrogens (tertiary/aromatic N) is 3. The molecule has 5 nitrogen and oxygen atoms in total. The van der Waals surface area contributed by atoms with Crippen LogP contribution < -0.4 is 4.90 Å². The van der Waals surface area contributed by atoms with Gasteiger partial charge >= 0.3 is 0 Å². The molecule has 92 valence electrons. The average molecular weight is 256 g/mol. The first-order chi connectivity index (χ1) is 8.08. The molecule has 0 bridgehead atoms. The predicted octanol–water partition coefficient (Wildman–Crippen LogP) is 1.05. The Hall–Kier alpha value is -1.35. The summed E-state index contributed by atoms with van der Waals surface area (Å²) in [6, 6.07) is 5.22. The van der Waals surface area contributed by atoms with Crippen LogP contribution in [0.5, 0.6) is 0 Å². The summed E-state index contributed by atoms with van der Waals surface area (Å²) >= 11 is 5.78. The van der Waals surface area contributed by atoms with E-state index in [4.69, 9.17) is 21.6 Å². The standard InChI is InChI=1S/C11H14ClN3O2/c1-15(6-8(16)7-17-2)11-4-3-9(12)10(5-13)14-11/h3-4,8,16H,6-7H2,1-2H3/t8-/m0/s1. The van der Waals surface area contributed by atoms with E-state index in [1.807, 2.05) is 6.07 Å². The highest BCUT2D eigenvalue weighted by atomic mass is 35.5. The van der Waals surface area contributed by atoms with Crippen molar-refractivity contribution in [3.05, 3.63) is 22.8 Å². The number of aromatic nitrogens is 1. The highest BCUT2D eigenvalue weighted by Crippen LogP contribution is 2.17. The molecule has 0 saturated carbocycles.